The molecule has 0 unspecified atom stereocenters. The maximum absolute atomic E-state index is 13.7. The molecule has 0 aliphatic heterocycles. The molecule has 1 aliphatic carbocycles. The van der Waals surface area contributed by atoms with E-state index in [4.69, 9.17) is 4.74 Å². The van der Waals surface area contributed by atoms with Gasteiger partial charge in [0.05, 0.1) is 17.1 Å². The molecule has 33 heavy (non-hydrogen) atoms. The quantitative estimate of drug-likeness (QED) is 0.526. The Bertz CT molecular complexity index is 1340. The Morgan fingerprint density at radius 2 is 1.88 bits per heavy atom. The number of nitrogens with zero attached hydrogens (tertiary/aromatic N) is 1. The van der Waals surface area contributed by atoms with Gasteiger partial charge in [0.2, 0.25) is 10.0 Å². The first-order valence-electron chi connectivity index (χ1n) is 11.2. The number of carbonyl (C=O) groups is 1. The Morgan fingerprint density at radius 3 is 2.61 bits per heavy atom. The number of H-pyrrole nitrogens is 1. The zero-order valence-corrected chi connectivity index (χ0v) is 19.7. The lowest BCUT2D eigenvalue weighted by Crippen LogP contribution is -2.39. The molecule has 0 saturated heterocycles. The zero-order chi connectivity index (χ0) is 23.6. The molecule has 3 aromatic rings. The summed E-state index contributed by atoms with van der Waals surface area (Å²) in [4.78, 5) is 27.9. The van der Waals surface area contributed by atoms with Crippen molar-refractivity contribution in [3.05, 3.63) is 75.6 Å². The van der Waals surface area contributed by atoms with E-state index in [0.29, 0.717) is 11.1 Å². The number of sulfonamides is 1. The van der Waals surface area contributed by atoms with Gasteiger partial charge in [0, 0.05) is 23.7 Å². The molecule has 0 atom stereocenters. The minimum Gasteiger partial charge on any atom is -0.462 e. The maximum Gasteiger partial charge on any atom is 0.338 e. The molecular weight excluding hydrogens is 440 g/mol. The molecule has 1 heterocycles. The molecule has 2 aromatic carbocycles. The van der Waals surface area contributed by atoms with Crippen LogP contribution in [0.4, 0.5) is 0 Å². The third kappa shape index (κ3) is 4.86. The minimum absolute atomic E-state index is 0.0213. The summed E-state index contributed by atoms with van der Waals surface area (Å²) in [5.41, 5.74) is 2.04. The van der Waals surface area contributed by atoms with E-state index in [1.165, 1.54) is 28.6 Å². The lowest BCUT2D eigenvalue weighted by molar-refractivity contribution is 0.0526. The van der Waals surface area contributed by atoms with Crippen LogP contribution in [0.3, 0.4) is 0 Å². The first kappa shape index (κ1) is 23.2. The zero-order valence-electron chi connectivity index (χ0n) is 18.8. The number of rotatable bonds is 7. The van der Waals surface area contributed by atoms with Crippen LogP contribution in [0.5, 0.6) is 0 Å². The Labute approximate surface area is 193 Å². The average Bonchev–Trinajstić information content (AvgIpc) is 3.32. The second-order valence-electron chi connectivity index (χ2n) is 8.45. The summed E-state index contributed by atoms with van der Waals surface area (Å²) >= 11 is 0. The van der Waals surface area contributed by atoms with Crippen molar-refractivity contribution in [3.63, 3.8) is 0 Å². The summed E-state index contributed by atoms with van der Waals surface area (Å²) in [5, 5.41) is 0.859. The number of ether oxygens (including phenoxy) is 1. The molecule has 174 valence electrons. The van der Waals surface area contributed by atoms with Crippen molar-refractivity contribution < 1.29 is 17.9 Å². The van der Waals surface area contributed by atoms with Crippen LogP contribution < -0.4 is 5.56 Å². The molecule has 0 amide bonds. The Kier molecular flexibility index (Phi) is 6.67. The van der Waals surface area contributed by atoms with Crippen molar-refractivity contribution in [1.29, 1.82) is 0 Å². The number of aromatic amines is 1. The number of esters is 1. The number of carbonyl (C=O) groups excluding carboxylic acids is 1. The monoisotopic (exact) mass is 468 g/mol. The van der Waals surface area contributed by atoms with Crippen molar-refractivity contribution >= 4 is 26.9 Å². The molecule has 0 radical (unpaired) electrons. The summed E-state index contributed by atoms with van der Waals surface area (Å²) in [5.74, 6) is -0.566. The SMILES string of the molecule is CCOC(=O)c1cccc(S(=O)(=O)N(Cc2cc3cc(C)ccc3[nH]c2=O)C2CCCC2)c1. The van der Waals surface area contributed by atoms with Gasteiger partial charge in [-0.2, -0.15) is 4.31 Å². The number of fused-ring (bicyclic) bond motifs is 1. The number of hydrogen-bond donors (Lipinski definition) is 1. The van der Waals surface area contributed by atoms with Crippen molar-refractivity contribution in [2.75, 3.05) is 6.61 Å². The smallest absolute Gasteiger partial charge is 0.338 e. The van der Waals surface area contributed by atoms with E-state index in [-0.39, 0.29) is 35.2 Å². The van der Waals surface area contributed by atoms with Crippen LogP contribution in [0.1, 0.15) is 54.1 Å². The van der Waals surface area contributed by atoms with E-state index in [1.807, 2.05) is 25.1 Å². The van der Waals surface area contributed by atoms with Gasteiger partial charge in [0.1, 0.15) is 0 Å². The number of pyridine rings is 1. The molecular formula is C25H28N2O5S. The number of hydrogen-bond acceptors (Lipinski definition) is 5. The fourth-order valence-corrected chi connectivity index (χ4v) is 6.10. The molecule has 1 aromatic heterocycles. The number of nitrogens with one attached hydrogen (secondary N) is 1. The molecule has 1 fully saturated rings. The van der Waals surface area contributed by atoms with Gasteiger partial charge in [0.25, 0.3) is 5.56 Å². The van der Waals surface area contributed by atoms with Crippen LogP contribution in [0, 0.1) is 6.92 Å². The maximum atomic E-state index is 13.7. The minimum atomic E-state index is -3.96. The summed E-state index contributed by atoms with van der Waals surface area (Å²) in [6, 6.07) is 13.2. The molecule has 4 rings (SSSR count). The molecule has 1 saturated carbocycles. The van der Waals surface area contributed by atoms with E-state index in [2.05, 4.69) is 4.98 Å². The highest BCUT2D eigenvalue weighted by atomic mass is 32.2. The second-order valence-corrected chi connectivity index (χ2v) is 10.3. The Hall–Kier alpha value is -2.97. The Balaban J connectivity index is 1.75. The highest BCUT2D eigenvalue weighted by Gasteiger charge is 2.34. The highest BCUT2D eigenvalue weighted by molar-refractivity contribution is 7.89. The van der Waals surface area contributed by atoms with Crippen molar-refractivity contribution in [2.45, 2.75) is 57.0 Å². The van der Waals surface area contributed by atoms with Crippen molar-refractivity contribution in [2.24, 2.45) is 0 Å². The summed E-state index contributed by atoms with van der Waals surface area (Å²) in [6.45, 7) is 3.84. The van der Waals surface area contributed by atoms with Crippen LogP contribution in [0.2, 0.25) is 0 Å². The summed E-state index contributed by atoms with van der Waals surface area (Å²) in [6.07, 6.45) is 3.35. The van der Waals surface area contributed by atoms with E-state index >= 15 is 0 Å². The van der Waals surface area contributed by atoms with Gasteiger partial charge >= 0.3 is 5.97 Å². The Morgan fingerprint density at radius 1 is 1.12 bits per heavy atom. The van der Waals surface area contributed by atoms with Gasteiger partial charge in [-0.3, -0.25) is 4.79 Å². The van der Waals surface area contributed by atoms with Crippen LogP contribution in [0.25, 0.3) is 10.9 Å². The molecule has 8 heteroatoms. The predicted octanol–water partition coefficient (Wildman–Crippen LogP) is 4.15. The fourth-order valence-electron chi connectivity index (χ4n) is 4.39. The van der Waals surface area contributed by atoms with E-state index in [9.17, 15) is 18.0 Å². The van der Waals surface area contributed by atoms with E-state index < -0.39 is 16.0 Å². The van der Waals surface area contributed by atoms with Crippen LogP contribution in [-0.2, 0) is 21.3 Å². The van der Waals surface area contributed by atoms with Crippen molar-refractivity contribution in [1.82, 2.24) is 9.29 Å². The van der Waals surface area contributed by atoms with Gasteiger partial charge in [-0.15, -0.1) is 0 Å². The van der Waals surface area contributed by atoms with Crippen LogP contribution in [-0.4, -0.2) is 36.3 Å². The van der Waals surface area contributed by atoms with Gasteiger partial charge < -0.3 is 9.72 Å². The first-order valence-corrected chi connectivity index (χ1v) is 12.6. The van der Waals surface area contributed by atoms with Crippen LogP contribution in [0.15, 0.2) is 58.2 Å². The second kappa shape index (κ2) is 9.49. The van der Waals surface area contributed by atoms with Crippen molar-refractivity contribution in [3.8, 4) is 0 Å². The molecule has 0 spiro atoms. The van der Waals surface area contributed by atoms with Gasteiger partial charge in [0.15, 0.2) is 0 Å². The molecule has 0 bridgehead atoms. The normalized spacial score (nSPS) is 14.8. The van der Waals surface area contributed by atoms with Gasteiger partial charge in [-0.1, -0.05) is 30.5 Å². The lowest BCUT2D eigenvalue weighted by atomic mass is 10.1. The third-order valence-electron chi connectivity index (χ3n) is 6.09. The molecule has 7 nitrogen and oxygen atoms in total. The first-order chi connectivity index (χ1) is 15.8. The average molecular weight is 469 g/mol. The van der Waals surface area contributed by atoms with Crippen LogP contribution >= 0.6 is 0 Å². The van der Waals surface area contributed by atoms with E-state index in [0.717, 1.165) is 36.6 Å². The topological polar surface area (TPSA) is 96.5 Å². The van der Waals surface area contributed by atoms with Gasteiger partial charge in [-0.25, -0.2) is 13.2 Å². The largest absolute Gasteiger partial charge is 0.462 e. The number of aromatic nitrogens is 1. The summed E-state index contributed by atoms with van der Waals surface area (Å²) in [7, 11) is -3.96. The number of aryl methyl sites for hydroxylation is 1. The number of benzene rings is 2. The highest BCUT2D eigenvalue weighted by Crippen LogP contribution is 2.30. The predicted molar refractivity (Wildman–Crippen MR) is 127 cm³/mol. The van der Waals surface area contributed by atoms with E-state index in [1.54, 1.807) is 13.0 Å². The third-order valence-corrected chi connectivity index (χ3v) is 7.98. The summed E-state index contributed by atoms with van der Waals surface area (Å²) < 4.78 is 33.9. The lowest BCUT2D eigenvalue weighted by Gasteiger charge is -2.28. The molecule has 1 N–H and O–H groups in total. The van der Waals surface area contributed by atoms with Gasteiger partial charge in [-0.05, 0) is 68.5 Å². The fraction of sp³-hybridized carbons (Fsp3) is 0.360. The molecule has 1 aliphatic rings. The standard InChI is InChI=1S/C25H28N2O5S/c1-3-32-25(29)18-7-6-10-22(15-18)33(30,31)27(21-8-4-5-9-21)16-20-14-19-13-17(2)11-12-23(19)26-24(20)28/h6-7,10-15,21H,3-5,8-9,16H2,1-2H3,(H,26,28).